The molecule has 150 valence electrons. The Morgan fingerprint density at radius 2 is 1.30 bits per heavy atom. The SMILES string of the molecule is O=C(CCc1ncc(-c2ccccc2)o1)N(Cc1ccccc1)Cc1ccccc1. The third kappa shape index (κ3) is 5.23. The molecule has 0 aliphatic rings. The number of oxazole rings is 1. The van der Waals surface area contributed by atoms with E-state index in [4.69, 9.17) is 4.42 Å². The number of amides is 1. The Hall–Kier alpha value is -3.66. The largest absolute Gasteiger partial charge is 0.441 e. The van der Waals surface area contributed by atoms with E-state index in [1.807, 2.05) is 95.9 Å². The highest BCUT2D eigenvalue weighted by Gasteiger charge is 2.16. The summed E-state index contributed by atoms with van der Waals surface area (Å²) in [7, 11) is 0. The molecule has 0 aliphatic heterocycles. The van der Waals surface area contributed by atoms with Gasteiger partial charge in [-0.2, -0.15) is 0 Å². The van der Waals surface area contributed by atoms with Crippen molar-refractivity contribution in [3.05, 3.63) is 114 Å². The molecular formula is C26H24N2O2. The molecular weight excluding hydrogens is 372 g/mol. The summed E-state index contributed by atoms with van der Waals surface area (Å²) < 4.78 is 5.85. The molecule has 3 aromatic carbocycles. The van der Waals surface area contributed by atoms with Gasteiger partial charge >= 0.3 is 0 Å². The number of carbonyl (C=O) groups is 1. The maximum Gasteiger partial charge on any atom is 0.223 e. The number of carbonyl (C=O) groups excluding carboxylic acids is 1. The molecule has 0 spiro atoms. The average molecular weight is 396 g/mol. The summed E-state index contributed by atoms with van der Waals surface area (Å²) in [5.74, 6) is 1.40. The lowest BCUT2D eigenvalue weighted by molar-refractivity contribution is -0.132. The van der Waals surface area contributed by atoms with E-state index < -0.39 is 0 Å². The Morgan fingerprint density at radius 3 is 1.87 bits per heavy atom. The number of rotatable bonds is 8. The maximum atomic E-state index is 13.1. The summed E-state index contributed by atoms with van der Waals surface area (Å²) >= 11 is 0. The van der Waals surface area contributed by atoms with Crippen molar-refractivity contribution in [2.24, 2.45) is 0 Å². The van der Waals surface area contributed by atoms with Gasteiger partial charge in [-0.25, -0.2) is 4.98 Å². The Labute approximate surface area is 176 Å². The van der Waals surface area contributed by atoms with Crippen molar-refractivity contribution in [3.8, 4) is 11.3 Å². The first-order chi connectivity index (χ1) is 14.8. The van der Waals surface area contributed by atoms with Gasteiger partial charge < -0.3 is 9.32 Å². The second-order valence-corrected chi connectivity index (χ2v) is 7.21. The topological polar surface area (TPSA) is 46.3 Å². The maximum absolute atomic E-state index is 13.1. The van der Waals surface area contributed by atoms with Crippen molar-refractivity contribution < 1.29 is 9.21 Å². The summed E-state index contributed by atoms with van der Waals surface area (Å²) in [6.07, 6.45) is 2.56. The fourth-order valence-corrected chi connectivity index (χ4v) is 3.37. The molecule has 0 saturated heterocycles. The fourth-order valence-electron chi connectivity index (χ4n) is 3.37. The van der Waals surface area contributed by atoms with Crippen molar-refractivity contribution in [1.29, 1.82) is 0 Å². The van der Waals surface area contributed by atoms with Crippen molar-refractivity contribution in [1.82, 2.24) is 9.88 Å². The molecule has 0 atom stereocenters. The number of benzene rings is 3. The van der Waals surface area contributed by atoms with Gasteiger partial charge in [0.2, 0.25) is 5.91 Å². The molecule has 1 aromatic heterocycles. The van der Waals surface area contributed by atoms with Crippen LogP contribution >= 0.6 is 0 Å². The van der Waals surface area contributed by atoms with Crippen molar-refractivity contribution >= 4 is 5.91 Å². The summed E-state index contributed by atoms with van der Waals surface area (Å²) in [4.78, 5) is 19.3. The van der Waals surface area contributed by atoms with E-state index in [9.17, 15) is 4.79 Å². The summed E-state index contributed by atoms with van der Waals surface area (Å²) in [5.41, 5.74) is 3.21. The van der Waals surface area contributed by atoms with Crippen LogP contribution in [0.15, 0.2) is 102 Å². The Bertz CT molecular complexity index is 1020. The highest BCUT2D eigenvalue weighted by molar-refractivity contribution is 5.76. The second-order valence-electron chi connectivity index (χ2n) is 7.21. The van der Waals surface area contributed by atoms with E-state index in [0.29, 0.717) is 31.8 Å². The Morgan fingerprint density at radius 1 is 0.767 bits per heavy atom. The average Bonchev–Trinajstić information content (AvgIpc) is 3.28. The molecule has 4 heteroatoms. The molecule has 0 unspecified atom stereocenters. The number of hydrogen-bond donors (Lipinski definition) is 0. The van der Waals surface area contributed by atoms with E-state index >= 15 is 0 Å². The van der Waals surface area contributed by atoms with E-state index in [1.165, 1.54) is 0 Å². The van der Waals surface area contributed by atoms with Crippen molar-refractivity contribution in [2.45, 2.75) is 25.9 Å². The van der Waals surface area contributed by atoms with E-state index in [1.54, 1.807) is 6.20 Å². The number of nitrogens with zero attached hydrogens (tertiary/aromatic N) is 2. The minimum absolute atomic E-state index is 0.0853. The highest BCUT2D eigenvalue weighted by Crippen LogP contribution is 2.21. The molecule has 4 aromatic rings. The lowest BCUT2D eigenvalue weighted by Gasteiger charge is -2.23. The van der Waals surface area contributed by atoms with E-state index in [-0.39, 0.29) is 5.91 Å². The molecule has 4 nitrogen and oxygen atoms in total. The molecule has 0 fully saturated rings. The first kappa shape index (κ1) is 19.6. The third-order valence-corrected chi connectivity index (χ3v) is 4.95. The van der Waals surface area contributed by atoms with Crippen LogP contribution in [0.25, 0.3) is 11.3 Å². The smallest absolute Gasteiger partial charge is 0.223 e. The van der Waals surface area contributed by atoms with Crippen LogP contribution in [0.5, 0.6) is 0 Å². The molecule has 1 amide bonds. The van der Waals surface area contributed by atoms with Gasteiger partial charge in [-0.3, -0.25) is 4.79 Å². The predicted molar refractivity (Wildman–Crippen MR) is 117 cm³/mol. The van der Waals surface area contributed by atoms with Gasteiger partial charge in [-0.15, -0.1) is 0 Å². The quantitative estimate of drug-likeness (QED) is 0.395. The number of aromatic nitrogens is 1. The molecule has 0 N–H and O–H groups in total. The minimum Gasteiger partial charge on any atom is -0.441 e. The van der Waals surface area contributed by atoms with Gasteiger partial charge in [0.15, 0.2) is 11.7 Å². The number of hydrogen-bond acceptors (Lipinski definition) is 3. The minimum atomic E-state index is 0.0853. The van der Waals surface area contributed by atoms with Crippen LogP contribution in [0, 0.1) is 0 Å². The monoisotopic (exact) mass is 396 g/mol. The predicted octanol–water partition coefficient (Wildman–Crippen LogP) is 5.50. The van der Waals surface area contributed by atoms with Crippen LogP contribution in [0.2, 0.25) is 0 Å². The lowest BCUT2D eigenvalue weighted by atomic mass is 10.1. The van der Waals surface area contributed by atoms with E-state index in [2.05, 4.69) is 4.98 Å². The van der Waals surface area contributed by atoms with Crippen molar-refractivity contribution in [2.75, 3.05) is 0 Å². The first-order valence-electron chi connectivity index (χ1n) is 10.1. The van der Waals surface area contributed by atoms with Crippen LogP contribution in [-0.2, 0) is 24.3 Å². The van der Waals surface area contributed by atoms with Crippen LogP contribution in [0.4, 0.5) is 0 Å². The van der Waals surface area contributed by atoms with Gasteiger partial charge in [0.25, 0.3) is 0 Å². The Balaban J connectivity index is 1.43. The lowest BCUT2D eigenvalue weighted by Crippen LogP contribution is -2.30. The molecule has 0 bridgehead atoms. The molecule has 0 saturated carbocycles. The zero-order valence-electron chi connectivity index (χ0n) is 16.8. The molecule has 0 radical (unpaired) electrons. The van der Waals surface area contributed by atoms with Crippen LogP contribution in [0.3, 0.4) is 0 Å². The molecule has 4 rings (SSSR count). The zero-order chi connectivity index (χ0) is 20.6. The molecule has 1 heterocycles. The van der Waals surface area contributed by atoms with Gasteiger partial charge in [-0.05, 0) is 11.1 Å². The number of aryl methyl sites for hydroxylation is 1. The fraction of sp³-hybridized carbons (Fsp3) is 0.154. The standard InChI is InChI=1S/C26H24N2O2/c29-26(17-16-25-27-18-24(30-25)23-14-8-3-9-15-23)28(19-21-10-4-1-5-11-21)20-22-12-6-2-7-13-22/h1-15,18H,16-17,19-20H2. The summed E-state index contributed by atoms with van der Waals surface area (Å²) in [5, 5.41) is 0. The van der Waals surface area contributed by atoms with E-state index in [0.717, 1.165) is 22.5 Å². The second kappa shape index (κ2) is 9.70. The summed E-state index contributed by atoms with van der Waals surface area (Å²) in [6, 6.07) is 30.0. The zero-order valence-corrected chi connectivity index (χ0v) is 16.8. The van der Waals surface area contributed by atoms with Gasteiger partial charge in [-0.1, -0.05) is 91.0 Å². The highest BCUT2D eigenvalue weighted by atomic mass is 16.4. The van der Waals surface area contributed by atoms with Gasteiger partial charge in [0.1, 0.15) is 0 Å². The first-order valence-corrected chi connectivity index (χ1v) is 10.1. The molecule has 30 heavy (non-hydrogen) atoms. The normalized spacial score (nSPS) is 10.7. The van der Waals surface area contributed by atoms with Crippen molar-refractivity contribution in [3.63, 3.8) is 0 Å². The summed E-state index contributed by atoms with van der Waals surface area (Å²) in [6.45, 7) is 1.16. The van der Waals surface area contributed by atoms with Gasteiger partial charge in [0, 0.05) is 31.5 Å². The third-order valence-electron chi connectivity index (χ3n) is 4.95. The van der Waals surface area contributed by atoms with Crippen LogP contribution < -0.4 is 0 Å². The van der Waals surface area contributed by atoms with Crippen LogP contribution in [-0.4, -0.2) is 15.8 Å². The molecule has 0 aliphatic carbocycles. The Kier molecular flexibility index (Phi) is 6.35. The van der Waals surface area contributed by atoms with Gasteiger partial charge in [0.05, 0.1) is 6.20 Å². The van der Waals surface area contributed by atoms with Crippen LogP contribution in [0.1, 0.15) is 23.4 Å².